The molecule has 5 heteroatoms. The van der Waals surface area contributed by atoms with Gasteiger partial charge < -0.3 is 5.11 Å². The Morgan fingerprint density at radius 1 is 0.644 bits per heavy atom. The minimum atomic E-state index is 0. The van der Waals surface area contributed by atoms with Gasteiger partial charge in [-0.2, -0.15) is 0 Å². The average molecular weight is 772 g/mol. The molecule has 0 spiro atoms. The number of hydrogen-bond donors (Lipinski definition) is 1. The molecule has 1 N–H and O–H groups in total. The molecule has 0 radical (unpaired) electrons. The van der Waals surface area contributed by atoms with Crippen LogP contribution in [0.4, 0.5) is 0 Å². The molecule has 0 aliphatic carbocycles. The Hall–Kier alpha value is -4.27. The van der Waals surface area contributed by atoms with Crippen LogP contribution in [0.15, 0.2) is 103 Å². The first kappa shape index (κ1) is 32.1. The molecule has 2 heterocycles. The van der Waals surface area contributed by atoms with E-state index in [1.165, 1.54) is 22.3 Å². The van der Waals surface area contributed by atoms with Crippen LogP contribution < -0.4 is 0 Å². The van der Waals surface area contributed by atoms with Crippen LogP contribution in [0.3, 0.4) is 0 Å². The van der Waals surface area contributed by atoms with Gasteiger partial charge >= 0.3 is 0 Å². The van der Waals surface area contributed by atoms with Gasteiger partial charge in [0.15, 0.2) is 0 Å². The fraction of sp³-hybridized carbons (Fsp3) is 0.200. The van der Waals surface area contributed by atoms with Crippen molar-refractivity contribution in [3.05, 3.63) is 132 Å². The number of imidazole rings is 1. The summed E-state index contributed by atoms with van der Waals surface area (Å²) >= 11 is 0. The minimum absolute atomic E-state index is 0. The molecule has 4 nitrogen and oxygen atoms in total. The summed E-state index contributed by atoms with van der Waals surface area (Å²) in [5.74, 6) is 1.44. The van der Waals surface area contributed by atoms with Crippen molar-refractivity contribution in [2.75, 3.05) is 0 Å². The van der Waals surface area contributed by atoms with Crippen LogP contribution >= 0.6 is 0 Å². The SMILES string of the molecule is Cc1cccc(C)c1-c1cn(-c2c(C(C)C)cccc2C(C)C)c(-c2cccc(-c3cccc(-c4[c-]cccc4)n3)c2O)n1.[Pt]. The van der Waals surface area contributed by atoms with Crippen molar-refractivity contribution in [2.45, 2.75) is 53.4 Å². The number of aromatic nitrogens is 3. The average Bonchev–Trinajstić information content (AvgIpc) is 3.45. The van der Waals surface area contributed by atoms with Crippen LogP contribution in [0.25, 0.3) is 50.8 Å². The van der Waals surface area contributed by atoms with Gasteiger partial charge in [-0.25, -0.2) is 4.98 Å². The third-order valence-electron chi connectivity index (χ3n) is 8.31. The summed E-state index contributed by atoms with van der Waals surface area (Å²) in [5, 5.41) is 12.0. The number of aromatic hydroxyl groups is 1. The number of aryl methyl sites for hydroxylation is 2. The minimum Gasteiger partial charge on any atom is -0.506 e. The maximum Gasteiger partial charge on any atom is 0.149 e. The monoisotopic (exact) mass is 771 g/mol. The predicted octanol–water partition coefficient (Wildman–Crippen LogP) is 10.3. The van der Waals surface area contributed by atoms with E-state index in [9.17, 15) is 5.11 Å². The van der Waals surface area contributed by atoms with Gasteiger partial charge in [-0.15, -0.1) is 35.9 Å². The van der Waals surface area contributed by atoms with Gasteiger partial charge in [0.1, 0.15) is 11.6 Å². The number of nitrogens with zero attached hydrogens (tertiary/aromatic N) is 3. The second-order valence-corrected chi connectivity index (χ2v) is 12.1. The quantitative estimate of drug-likeness (QED) is 0.165. The second kappa shape index (κ2) is 13.4. The molecule has 4 aromatic carbocycles. The number of para-hydroxylation sites is 2. The maximum atomic E-state index is 12.0. The van der Waals surface area contributed by atoms with Gasteiger partial charge in [-0.1, -0.05) is 82.3 Å². The van der Waals surface area contributed by atoms with Gasteiger partial charge in [0.2, 0.25) is 0 Å². The Morgan fingerprint density at radius 3 is 1.89 bits per heavy atom. The molecule has 2 aromatic heterocycles. The molecule has 230 valence electrons. The normalized spacial score (nSPS) is 11.2. The third-order valence-corrected chi connectivity index (χ3v) is 8.31. The Bertz CT molecular complexity index is 1910. The first-order valence-electron chi connectivity index (χ1n) is 15.3. The van der Waals surface area contributed by atoms with Crippen LogP contribution in [0.1, 0.15) is 61.8 Å². The van der Waals surface area contributed by atoms with Gasteiger partial charge in [0.05, 0.1) is 22.6 Å². The number of pyridine rings is 1. The van der Waals surface area contributed by atoms with E-state index in [1.807, 2.05) is 60.7 Å². The van der Waals surface area contributed by atoms with E-state index in [-0.39, 0.29) is 26.8 Å². The van der Waals surface area contributed by atoms with Gasteiger partial charge in [0, 0.05) is 38.4 Å². The zero-order valence-corrected chi connectivity index (χ0v) is 28.8. The number of phenolic OH excluding ortho intramolecular Hbond substituents is 1. The van der Waals surface area contributed by atoms with E-state index in [4.69, 9.17) is 9.97 Å². The molecule has 6 aromatic rings. The molecular weight excluding hydrogens is 734 g/mol. The summed E-state index contributed by atoms with van der Waals surface area (Å²) in [6.45, 7) is 13.2. The first-order chi connectivity index (χ1) is 21.2. The number of benzene rings is 4. The van der Waals surface area contributed by atoms with Crippen LogP contribution in [0.2, 0.25) is 0 Å². The number of hydrogen-bond acceptors (Lipinski definition) is 3. The molecule has 0 fully saturated rings. The fourth-order valence-corrected chi connectivity index (χ4v) is 6.09. The molecule has 0 amide bonds. The topological polar surface area (TPSA) is 50.9 Å². The Morgan fingerprint density at radius 2 is 1.24 bits per heavy atom. The van der Waals surface area contributed by atoms with E-state index in [0.717, 1.165) is 28.2 Å². The molecule has 0 unspecified atom stereocenters. The zero-order chi connectivity index (χ0) is 31.0. The Labute approximate surface area is 281 Å². The van der Waals surface area contributed by atoms with Crippen molar-refractivity contribution < 1.29 is 26.2 Å². The molecule has 6 rings (SSSR count). The third kappa shape index (κ3) is 6.17. The van der Waals surface area contributed by atoms with E-state index in [1.54, 1.807) is 0 Å². The molecule has 45 heavy (non-hydrogen) atoms. The van der Waals surface area contributed by atoms with Crippen molar-refractivity contribution in [1.29, 1.82) is 0 Å². The summed E-state index contributed by atoms with van der Waals surface area (Å²) in [6.07, 6.45) is 2.15. The molecule has 0 saturated heterocycles. The molecule has 0 bridgehead atoms. The van der Waals surface area contributed by atoms with Crippen molar-refractivity contribution >= 4 is 0 Å². The largest absolute Gasteiger partial charge is 0.506 e. The van der Waals surface area contributed by atoms with Crippen LogP contribution in [-0.4, -0.2) is 19.6 Å². The van der Waals surface area contributed by atoms with Crippen LogP contribution in [0, 0.1) is 19.9 Å². The molecule has 0 aliphatic heterocycles. The van der Waals surface area contributed by atoms with Crippen LogP contribution in [0.5, 0.6) is 5.75 Å². The number of rotatable bonds is 7. The van der Waals surface area contributed by atoms with Crippen LogP contribution in [-0.2, 0) is 21.1 Å². The van der Waals surface area contributed by atoms with Crippen molar-refractivity contribution in [3.8, 4) is 56.6 Å². The zero-order valence-electron chi connectivity index (χ0n) is 26.6. The molecular formula is C40H38N3OPt-. The molecule has 0 saturated carbocycles. The van der Waals surface area contributed by atoms with Gasteiger partial charge in [-0.3, -0.25) is 9.55 Å². The summed E-state index contributed by atoms with van der Waals surface area (Å²) in [5.41, 5.74) is 11.7. The van der Waals surface area contributed by atoms with E-state index in [0.29, 0.717) is 34.5 Å². The maximum absolute atomic E-state index is 12.0. The second-order valence-electron chi connectivity index (χ2n) is 12.1. The van der Waals surface area contributed by atoms with E-state index < -0.39 is 0 Å². The smallest absolute Gasteiger partial charge is 0.149 e. The predicted molar refractivity (Wildman–Crippen MR) is 181 cm³/mol. The summed E-state index contributed by atoms with van der Waals surface area (Å²) in [7, 11) is 0. The Balaban J connectivity index is 0.00000400. The first-order valence-corrected chi connectivity index (χ1v) is 15.3. The summed E-state index contributed by atoms with van der Waals surface area (Å²) < 4.78 is 2.20. The standard InChI is InChI=1S/C40H38N3O.Pt/c1-25(2)30-18-11-19-31(26(3)4)38(30)43-24-36(37-27(5)14-10-15-28(37)6)42-40(43)33-21-12-20-32(39(33)44)35-23-13-22-34(41-35)29-16-8-7-9-17-29;/h7-16,18-26,44H,1-6H3;/q-1;. The number of phenols is 1. The molecule has 0 atom stereocenters. The Kier molecular flexibility index (Phi) is 9.56. The summed E-state index contributed by atoms with van der Waals surface area (Å²) in [4.78, 5) is 10.2. The van der Waals surface area contributed by atoms with Gasteiger partial charge in [-0.05, 0) is 71.8 Å². The summed E-state index contributed by atoms with van der Waals surface area (Å²) in [6, 6.07) is 35.7. The fourth-order valence-electron chi connectivity index (χ4n) is 6.09. The van der Waals surface area contributed by atoms with Crippen molar-refractivity contribution in [1.82, 2.24) is 14.5 Å². The van der Waals surface area contributed by atoms with Crippen molar-refractivity contribution in [3.63, 3.8) is 0 Å². The van der Waals surface area contributed by atoms with E-state index in [2.05, 4.69) is 94.8 Å². The molecule has 0 aliphatic rings. The van der Waals surface area contributed by atoms with Gasteiger partial charge in [0.25, 0.3) is 0 Å². The van der Waals surface area contributed by atoms with E-state index >= 15 is 0 Å². The van der Waals surface area contributed by atoms with Crippen molar-refractivity contribution in [2.24, 2.45) is 0 Å².